The van der Waals surface area contributed by atoms with E-state index in [1.54, 1.807) is 18.2 Å². The fourth-order valence-corrected chi connectivity index (χ4v) is 1.88. The zero-order chi connectivity index (χ0) is 15.2. The van der Waals surface area contributed by atoms with Gasteiger partial charge in [0, 0.05) is 23.6 Å². The van der Waals surface area contributed by atoms with Crippen LogP contribution in [0.1, 0.15) is 10.4 Å². The van der Waals surface area contributed by atoms with Gasteiger partial charge in [0.25, 0.3) is 5.91 Å². The number of aliphatic hydroxyl groups excluding tert-OH is 1. The minimum absolute atomic E-state index is 0.392. The monoisotopic (exact) mass is 288 g/mol. The predicted molar refractivity (Wildman–Crippen MR) is 76.1 cm³/mol. The summed E-state index contributed by atoms with van der Waals surface area (Å²) in [6.45, 7) is -0.518. The first-order chi connectivity index (χ1) is 10.2. The lowest BCUT2D eigenvalue weighted by Gasteiger charge is -2.14. The molecule has 0 saturated heterocycles. The second-order valence-electron chi connectivity index (χ2n) is 4.37. The molecule has 1 aromatic heterocycles. The highest BCUT2D eigenvalue weighted by molar-refractivity contribution is 5.97. The molecule has 0 radical (unpaired) electrons. The molecule has 1 unspecified atom stereocenters. The minimum atomic E-state index is -1.07. The maximum Gasteiger partial charge on any atom is 0.330 e. The normalized spacial score (nSPS) is 11.7. The molecule has 21 heavy (non-hydrogen) atoms. The lowest BCUT2D eigenvalue weighted by molar-refractivity contribution is -0.143. The summed E-state index contributed by atoms with van der Waals surface area (Å²) in [4.78, 5) is 23.5. The molecule has 2 aromatic rings. The lowest BCUT2D eigenvalue weighted by Crippen LogP contribution is -2.44. The van der Waals surface area contributed by atoms with E-state index in [-0.39, 0.29) is 0 Å². The van der Waals surface area contributed by atoms with Gasteiger partial charge in [0.15, 0.2) is 6.04 Å². The maximum absolute atomic E-state index is 12.1. The highest BCUT2D eigenvalue weighted by Crippen LogP contribution is 2.11. The third-order valence-electron chi connectivity index (χ3n) is 2.98. The summed E-state index contributed by atoms with van der Waals surface area (Å²) < 4.78 is 6.37. The number of aromatic nitrogens is 1. The van der Waals surface area contributed by atoms with Crippen LogP contribution in [-0.2, 0) is 9.53 Å². The van der Waals surface area contributed by atoms with Gasteiger partial charge in [-0.1, -0.05) is 6.07 Å². The Morgan fingerprint density at radius 1 is 1.29 bits per heavy atom. The van der Waals surface area contributed by atoms with Gasteiger partial charge in [-0.25, -0.2) is 4.79 Å². The van der Waals surface area contributed by atoms with Crippen LogP contribution in [-0.4, -0.2) is 41.3 Å². The van der Waals surface area contributed by atoms with Gasteiger partial charge in [-0.15, -0.1) is 0 Å². The van der Waals surface area contributed by atoms with Crippen LogP contribution >= 0.6 is 0 Å². The average molecular weight is 288 g/mol. The number of carbonyl (C=O) groups excluding carboxylic acids is 2. The van der Waals surface area contributed by atoms with Gasteiger partial charge in [0.1, 0.15) is 0 Å². The van der Waals surface area contributed by atoms with Gasteiger partial charge < -0.3 is 19.7 Å². The van der Waals surface area contributed by atoms with Crippen molar-refractivity contribution in [3.05, 3.63) is 54.4 Å². The average Bonchev–Trinajstić information content (AvgIpc) is 3.06. The molecule has 0 spiro atoms. The number of hydrogen-bond donors (Lipinski definition) is 2. The van der Waals surface area contributed by atoms with Crippen molar-refractivity contribution in [2.75, 3.05) is 13.7 Å². The molecule has 1 heterocycles. The van der Waals surface area contributed by atoms with Crippen LogP contribution in [0.15, 0.2) is 48.8 Å². The number of nitrogens with zero attached hydrogens (tertiary/aromatic N) is 1. The Morgan fingerprint density at radius 3 is 2.62 bits per heavy atom. The Morgan fingerprint density at radius 2 is 2.00 bits per heavy atom. The Bertz CT molecular complexity index is 622. The molecule has 0 aliphatic carbocycles. The molecule has 0 bridgehead atoms. The van der Waals surface area contributed by atoms with Gasteiger partial charge in [0.2, 0.25) is 0 Å². The van der Waals surface area contributed by atoms with E-state index in [0.717, 1.165) is 5.69 Å². The number of carbonyl (C=O) groups is 2. The van der Waals surface area contributed by atoms with Crippen LogP contribution in [0.3, 0.4) is 0 Å². The van der Waals surface area contributed by atoms with E-state index < -0.39 is 24.5 Å². The second kappa shape index (κ2) is 6.71. The summed E-state index contributed by atoms with van der Waals surface area (Å²) in [6.07, 6.45) is 3.73. The van der Waals surface area contributed by atoms with Gasteiger partial charge in [-0.2, -0.15) is 0 Å². The van der Waals surface area contributed by atoms with Crippen molar-refractivity contribution in [2.45, 2.75) is 6.04 Å². The van der Waals surface area contributed by atoms with Crippen molar-refractivity contribution in [1.82, 2.24) is 9.88 Å². The second-order valence-corrected chi connectivity index (χ2v) is 4.37. The number of aliphatic hydroxyl groups is 1. The first kappa shape index (κ1) is 14.8. The van der Waals surface area contributed by atoms with Crippen LogP contribution in [0.4, 0.5) is 0 Å². The van der Waals surface area contributed by atoms with Crippen molar-refractivity contribution in [1.29, 1.82) is 0 Å². The number of ether oxygens (including phenoxy) is 1. The van der Waals surface area contributed by atoms with Crippen LogP contribution in [0, 0.1) is 0 Å². The molecule has 0 aliphatic heterocycles. The van der Waals surface area contributed by atoms with Gasteiger partial charge in [-0.3, -0.25) is 4.79 Å². The van der Waals surface area contributed by atoms with Crippen LogP contribution in [0.2, 0.25) is 0 Å². The Labute approximate surface area is 122 Å². The molecule has 2 rings (SSSR count). The standard InChI is InChI=1S/C15H16N2O4/c1-21-15(20)13(10-18)16-14(19)11-5-4-6-12(9-11)17-7-2-3-8-17/h2-9,13,18H,10H2,1H3,(H,16,19). The number of benzene rings is 1. The zero-order valence-electron chi connectivity index (χ0n) is 11.5. The van der Waals surface area contributed by atoms with Gasteiger partial charge >= 0.3 is 5.97 Å². The van der Waals surface area contributed by atoms with Crippen molar-refractivity contribution in [3.63, 3.8) is 0 Å². The largest absolute Gasteiger partial charge is 0.467 e. The third-order valence-corrected chi connectivity index (χ3v) is 2.98. The van der Waals surface area contributed by atoms with Crippen molar-refractivity contribution in [3.8, 4) is 5.69 Å². The molecule has 0 aliphatic rings. The number of amides is 1. The molecule has 1 amide bonds. The van der Waals surface area contributed by atoms with Crippen LogP contribution in [0.5, 0.6) is 0 Å². The molecule has 0 fully saturated rings. The quantitative estimate of drug-likeness (QED) is 0.795. The molecule has 1 aromatic carbocycles. The molecular weight excluding hydrogens is 272 g/mol. The van der Waals surface area contributed by atoms with Crippen molar-refractivity contribution >= 4 is 11.9 Å². The molecule has 110 valence electrons. The zero-order valence-corrected chi connectivity index (χ0v) is 11.5. The third kappa shape index (κ3) is 3.49. The van der Waals surface area contributed by atoms with E-state index in [9.17, 15) is 9.59 Å². The highest BCUT2D eigenvalue weighted by Gasteiger charge is 2.21. The Balaban J connectivity index is 2.16. The van der Waals surface area contributed by atoms with Crippen LogP contribution < -0.4 is 5.32 Å². The van der Waals surface area contributed by atoms with E-state index in [1.165, 1.54) is 7.11 Å². The van der Waals surface area contributed by atoms with Crippen molar-refractivity contribution in [2.24, 2.45) is 0 Å². The van der Waals surface area contributed by atoms with Gasteiger partial charge in [-0.05, 0) is 30.3 Å². The van der Waals surface area contributed by atoms with Gasteiger partial charge in [0.05, 0.1) is 13.7 Å². The van der Waals surface area contributed by atoms with E-state index in [0.29, 0.717) is 5.56 Å². The first-order valence-electron chi connectivity index (χ1n) is 6.38. The van der Waals surface area contributed by atoms with Crippen molar-refractivity contribution < 1.29 is 19.4 Å². The van der Waals surface area contributed by atoms with Crippen LogP contribution in [0.25, 0.3) is 5.69 Å². The molecular formula is C15H16N2O4. The van der Waals surface area contributed by atoms with E-state index in [1.807, 2.05) is 35.2 Å². The molecule has 6 nitrogen and oxygen atoms in total. The molecule has 1 atom stereocenters. The first-order valence-corrected chi connectivity index (χ1v) is 6.38. The summed E-state index contributed by atoms with van der Waals surface area (Å²) in [7, 11) is 1.20. The summed E-state index contributed by atoms with van der Waals surface area (Å²) in [5.74, 6) is -1.14. The summed E-state index contributed by atoms with van der Waals surface area (Å²) in [6, 6.07) is 9.63. The molecule has 0 saturated carbocycles. The fourth-order valence-electron chi connectivity index (χ4n) is 1.88. The number of nitrogens with one attached hydrogen (secondary N) is 1. The maximum atomic E-state index is 12.1. The number of hydrogen-bond acceptors (Lipinski definition) is 4. The Hall–Kier alpha value is -2.60. The smallest absolute Gasteiger partial charge is 0.330 e. The summed E-state index contributed by atoms with van der Waals surface area (Å²) >= 11 is 0. The summed E-state index contributed by atoms with van der Waals surface area (Å²) in [5, 5.41) is 11.5. The fraction of sp³-hybridized carbons (Fsp3) is 0.200. The number of rotatable bonds is 5. The highest BCUT2D eigenvalue weighted by atomic mass is 16.5. The minimum Gasteiger partial charge on any atom is -0.467 e. The SMILES string of the molecule is COC(=O)C(CO)NC(=O)c1cccc(-n2cccc2)c1. The topological polar surface area (TPSA) is 80.6 Å². The number of methoxy groups -OCH3 is 1. The van der Waals surface area contributed by atoms with E-state index in [4.69, 9.17) is 5.11 Å². The van der Waals surface area contributed by atoms with E-state index in [2.05, 4.69) is 10.1 Å². The molecule has 2 N–H and O–H groups in total. The Kier molecular flexibility index (Phi) is 4.73. The van der Waals surface area contributed by atoms with E-state index >= 15 is 0 Å². The summed E-state index contributed by atoms with van der Waals surface area (Å²) in [5.41, 5.74) is 1.22. The molecule has 6 heteroatoms. The number of esters is 1. The lowest BCUT2D eigenvalue weighted by atomic mass is 10.1. The predicted octanol–water partition coefficient (Wildman–Crippen LogP) is 0.741.